The van der Waals surface area contributed by atoms with E-state index >= 15 is 0 Å². The number of hydrogen-bond acceptors (Lipinski definition) is 4. The largest absolute Gasteiger partial charge is 0.483 e. The summed E-state index contributed by atoms with van der Waals surface area (Å²) in [5, 5.41) is 6.89. The van der Waals surface area contributed by atoms with Gasteiger partial charge in [0.05, 0.1) is 24.5 Å². The Balaban J connectivity index is 0.000000745. The highest BCUT2D eigenvalue weighted by molar-refractivity contribution is 5.78. The van der Waals surface area contributed by atoms with Crippen LogP contribution in [0, 0.1) is 6.92 Å². The van der Waals surface area contributed by atoms with Crippen LogP contribution in [-0.4, -0.2) is 44.4 Å². The van der Waals surface area contributed by atoms with Crippen molar-refractivity contribution in [2.75, 3.05) is 7.05 Å². The molecule has 1 unspecified atom stereocenters. The number of hydrogen-bond donors (Lipinski definition) is 2. The van der Waals surface area contributed by atoms with Crippen molar-refractivity contribution in [3.05, 3.63) is 47.8 Å². The van der Waals surface area contributed by atoms with Gasteiger partial charge < -0.3 is 15.0 Å². The molecule has 2 aromatic rings. The normalized spacial score (nSPS) is 11.0. The average molecular weight is 304 g/mol. The standard InChI is InChI=1S/C14H18N4O.CH2O2/c1-10-13(17-9-16-10)7-14(19)18(3)11(2)12-5-4-6-15-8-12;2-1-3/h4-6,8-9,11H,7H2,1-3H3,(H,16,17);1H,(H,2,3). The lowest BCUT2D eigenvalue weighted by molar-refractivity contribution is -0.131. The molecule has 1 atom stereocenters. The third-order valence-corrected chi connectivity index (χ3v) is 3.39. The number of carboxylic acid groups (broad SMARTS) is 1. The number of carbonyl (C=O) groups excluding carboxylic acids is 1. The highest BCUT2D eigenvalue weighted by Crippen LogP contribution is 2.18. The van der Waals surface area contributed by atoms with Crippen molar-refractivity contribution in [3.63, 3.8) is 0 Å². The molecule has 0 saturated heterocycles. The van der Waals surface area contributed by atoms with Crippen LogP contribution in [0.5, 0.6) is 0 Å². The number of aromatic nitrogens is 3. The Morgan fingerprint density at radius 3 is 2.73 bits per heavy atom. The zero-order valence-corrected chi connectivity index (χ0v) is 12.9. The third kappa shape index (κ3) is 4.69. The zero-order chi connectivity index (χ0) is 16.5. The first-order chi connectivity index (χ1) is 10.5. The van der Waals surface area contributed by atoms with Crippen molar-refractivity contribution in [3.8, 4) is 0 Å². The van der Waals surface area contributed by atoms with E-state index < -0.39 is 0 Å². The minimum atomic E-state index is -0.250. The Hall–Kier alpha value is -2.70. The topological polar surface area (TPSA) is 99.2 Å². The maximum Gasteiger partial charge on any atom is 0.290 e. The number of amides is 1. The van der Waals surface area contributed by atoms with E-state index in [9.17, 15) is 4.79 Å². The molecule has 0 aromatic carbocycles. The second-order valence-corrected chi connectivity index (χ2v) is 4.72. The van der Waals surface area contributed by atoms with Crippen LogP contribution < -0.4 is 0 Å². The van der Waals surface area contributed by atoms with E-state index in [1.165, 1.54) is 0 Å². The predicted molar refractivity (Wildman–Crippen MR) is 81.1 cm³/mol. The van der Waals surface area contributed by atoms with Gasteiger partial charge in [-0.3, -0.25) is 14.6 Å². The molecule has 118 valence electrons. The minimum Gasteiger partial charge on any atom is -0.483 e. The van der Waals surface area contributed by atoms with Crippen LogP contribution in [0.25, 0.3) is 0 Å². The van der Waals surface area contributed by atoms with E-state index in [-0.39, 0.29) is 18.4 Å². The molecule has 2 heterocycles. The van der Waals surface area contributed by atoms with Gasteiger partial charge in [0, 0.05) is 25.1 Å². The molecule has 0 spiro atoms. The number of likely N-dealkylation sites (N-methyl/N-ethyl adjacent to an activating group) is 1. The summed E-state index contributed by atoms with van der Waals surface area (Å²) in [5.74, 6) is 0.0477. The Kier molecular flexibility index (Phi) is 6.75. The van der Waals surface area contributed by atoms with Gasteiger partial charge in [-0.15, -0.1) is 0 Å². The Morgan fingerprint density at radius 1 is 1.55 bits per heavy atom. The number of pyridine rings is 1. The number of rotatable bonds is 4. The van der Waals surface area contributed by atoms with Gasteiger partial charge in [-0.05, 0) is 25.5 Å². The van der Waals surface area contributed by atoms with Gasteiger partial charge in [0.1, 0.15) is 0 Å². The molecule has 0 radical (unpaired) electrons. The van der Waals surface area contributed by atoms with E-state index in [1.54, 1.807) is 23.6 Å². The van der Waals surface area contributed by atoms with Crippen LogP contribution >= 0.6 is 0 Å². The quantitative estimate of drug-likeness (QED) is 0.835. The lowest BCUT2D eigenvalue weighted by atomic mass is 10.1. The number of imidazole rings is 1. The molecule has 7 heteroatoms. The molecule has 22 heavy (non-hydrogen) atoms. The maximum atomic E-state index is 12.2. The average Bonchev–Trinajstić information content (AvgIpc) is 2.92. The van der Waals surface area contributed by atoms with Crippen LogP contribution in [0.3, 0.4) is 0 Å². The molecule has 0 fully saturated rings. The fraction of sp³-hybridized carbons (Fsp3) is 0.333. The van der Waals surface area contributed by atoms with Crippen molar-refractivity contribution in [1.82, 2.24) is 19.9 Å². The van der Waals surface area contributed by atoms with Gasteiger partial charge in [0.2, 0.25) is 5.91 Å². The smallest absolute Gasteiger partial charge is 0.290 e. The summed E-state index contributed by atoms with van der Waals surface area (Å²) >= 11 is 0. The highest BCUT2D eigenvalue weighted by Gasteiger charge is 2.19. The zero-order valence-electron chi connectivity index (χ0n) is 12.9. The van der Waals surface area contributed by atoms with Crippen LogP contribution in [0.2, 0.25) is 0 Å². The van der Waals surface area contributed by atoms with Crippen molar-refractivity contribution in [2.24, 2.45) is 0 Å². The van der Waals surface area contributed by atoms with Gasteiger partial charge in [-0.2, -0.15) is 0 Å². The Morgan fingerprint density at radius 2 is 2.23 bits per heavy atom. The second-order valence-electron chi connectivity index (χ2n) is 4.72. The van der Waals surface area contributed by atoms with Gasteiger partial charge >= 0.3 is 0 Å². The molecule has 2 rings (SSSR count). The van der Waals surface area contributed by atoms with Gasteiger partial charge in [0.25, 0.3) is 6.47 Å². The lowest BCUT2D eigenvalue weighted by Crippen LogP contribution is -2.31. The fourth-order valence-electron chi connectivity index (χ4n) is 1.90. The molecule has 0 saturated carbocycles. The van der Waals surface area contributed by atoms with Crippen molar-refractivity contribution >= 4 is 12.4 Å². The summed E-state index contributed by atoms with van der Waals surface area (Å²) in [6.07, 6.45) is 5.44. The first-order valence-corrected chi connectivity index (χ1v) is 6.73. The van der Waals surface area contributed by atoms with E-state index in [0.29, 0.717) is 6.42 Å². The Labute approximate surface area is 129 Å². The van der Waals surface area contributed by atoms with E-state index in [2.05, 4.69) is 15.0 Å². The first kappa shape index (κ1) is 17.4. The highest BCUT2D eigenvalue weighted by atomic mass is 16.3. The van der Waals surface area contributed by atoms with E-state index in [1.807, 2.05) is 33.0 Å². The van der Waals surface area contributed by atoms with E-state index in [0.717, 1.165) is 17.0 Å². The molecule has 0 aliphatic heterocycles. The summed E-state index contributed by atoms with van der Waals surface area (Å²) in [4.78, 5) is 33.5. The van der Waals surface area contributed by atoms with Crippen LogP contribution in [0.1, 0.15) is 29.9 Å². The summed E-state index contributed by atoms with van der Waals surface area (Å²) in [6.45, 7) is 3.66. The number of carbonyl (C=O) groups is 2. The third-order valence-electron chi connectivity index (χ3n) is 3.39. The number of aryl methyl sites for hydroxylation is 1. The molecule has 0 aliphatic carbocycles. The fourth-order valence-corrected chi connectivity index (χ4v) is 1.90. The van der Waals surface area contributed by atoms with Crippen molar-refractivity contribution < 1.29 is 14.7 Å². The number of nitrogens with one attached hydrogen (secondary N) is 1. The van der Waals surface area contributed by atoms with Gasteiger partial charge in [-0.1, -0.05) is 6.07 Å². The SMILES string of the molecule is Cc1[nH]cnc1CC(=O)N(C)C(C)c1cccnc1.O=CO. The first-order valence-electron chi connectivity index (χ1n) is 6.73. The summed E-state index contributed by atoms with van der Waals surface area (Å²) < 4.78 is 0. The summed E-state index contributed by atoms with van der Waals surface area (Å²) in [7, 11) is 1.81. The number of aromatic amines is 1. The van der Waals surface area contributed by atoms with Gasteiger partial charge in [-0.25, -0.2) is 4.98 Å². The Bertz CT molecular complexity index is 598. The lowest BCUT2D eigenvalue weighted by Gasteiger charge is -2.25. The van der Waals surface area contributed by atoms with Crippen LogP contribution in [-0.2, 0) is 16.0 Å². The molecule has 1 amide bonds. The molecule has 2 aromatic heterocycles. The van der Waals surface area contributed by atoms with Crippen molar-refractivity contribution in [1.29, 1.82) is 0 Å². The van der Waals surface area contributed by atoms with Crippen LogP contribution in [0.15, 0.2) is 30.9 Å². The monoisotopic (exact) mass is 304 g/mol. The molecule has 2 N–H and O–H groups in total. The predicted octanol–water partition coefficient (Wildman–Crippen LogP) is 1.58. The number of H-pyrrole nitrogens is 1. The summed E-state index contributed by atoms with van der Waals surface area (Å²) in [6, 6.07) is 3.85. The van der Waals surface area contributed by atoms with Crippen LogP contribution in [0.4, 0.5) is 0 Å². The maximum absolute atomic E-state index is 12.2. The molecule has 7 nitrogen and oxygen atoms in total. The van der Waals surface area contributed by atoms with Crippen molar-refractivity contribution in [2.45, 2.75) is 26.3 Å². The molecular formula is C15H20N4O3. The second kappa shape index (κ2) is 8.56. The number of nitrogens with zero attached hydrogens (tertiary/aromatic N) is 3. The molecular weight excluding hydrogens is 284 g/mol. The molecule has 0 aliphatic rings. The summed E-state index contributed by atoms with van der Waals surface area (Å²) in [5.41, 5.74) is 2.77. The molecule has 0 bridgehead atoms. The van der Waals surface area contributed by atoms with Gasteiger partial charge in [0.15, 0.2) is 0 Å². The minimum absolute atomic E-state index is 0.000415. The van der Waals surface area contributed by atoms with E-state index in [4.69, 9.17) is 9.90 Å².